The van der Waals surface area contributed by atoms with Crippen LogP contribution in [0.15, 0.2) is 12.4 Å². The van der Waals surface area contributed by atoms with Gasteiger partial charge in [0.25, 0.3) is 5.91 Å². The Morgan fingerprint density at radius 2 is 2.48 bits per heavy atom. The van der Waals surface area contributed by atoms with Crippen molar-refractivity contribution in [2.45, 2.75) is 25.7 Å². The summed E-state index contributed by atoms with van der Waals surface area (Å²) in [6.45, 7) is 4.01. The molecule has 1 atom stereocenters. The predicted octanol–water partition coefficient (Wildman–Crippen LogP) is 1.65. The molecular formula is C14H18N4O2S. The van der Waals surface area contributed by atoms with E-state index in [0.717, 1.165) is 30.2 Å². The average molecular weight is 306 g/mol. The molecule has 0 radical (unpaired) electrons. The minimum atomic E-state index is -0.0843. The van der Waals surface area contributed by atoms with Crippen molar-refractivity contribution >= 4 is 17.2 Å². The van der Waals surface area contributed by atoms with E-state index in [0.29, 0.717) is 18.7 Å². The Morgan fingerprint density at radius 3 is 3.19 bits per heavy atom. The molecule has 0 aromatic carbocycles. The quantitative estimate of drug-likeness (QED) is 0.880. The molecule has 6 nitrogen and oxygen atoms in total. The van der Waals surface area contributed by atoms with E-state index < -0.39 is 0 Å². The zero-order valence-corrected chi connectivity index (χ0v) is 12.7. The Hall–Kier alpha value is -1.73. The number of carbonyl (C=O) groups is 1. The third kappa shape index (κ3) is 3.30. The smallest absolute Gasteiger partial charge is 0.254 e. The summed E-state index contributed by atoms with van der Waals surface area (Å²) in [5.41, 5.74) is 1.51. The largest absolute Gasteiger partial charge is 0.381 e. The van der Waals surface area contributed by atoms with Crippen molar-refractivity contribution in [3.05, 3.63) is 33.5 Å². The molecule has 1 aliphatic rings. The van der Waals surface area contributed by atoms with E-state index in [1.165, 1.54) is 4.88 Å². The highest BCUT2D eigenvalue weighted by molar-refractivity contribution is 7.11. The fourth-order valence-electron chi connectivity index (χ4n) is 2.45. The van der Waals surface area contributed by atoms with Crippen LogP contribution < -0.4 is 5.32 Å². The molecular weight excluding hydrogens is 288 g/mol. The van der Waals surface area contributed by atoms with Crippen LogP contribution in [0.25, 0.3) is 0 Å². The van der Waals surface area contributed by atoms with Gasteiger partial charge < -0.3 is 10.1 Å². The second kappa shape index (κ2) is 6.36. The van der Waals surface area contributed by atoms with Crippen LogP contribution in [-0.2, 0) is 11.2 Å². The first kappa shape index (κ1) is 14.2. The Labute approximate surface area is 126 Å². The maximum Gasteiger partial charge on any atom is 0.254 e. The molecule has 1 saturated heterocycles. The van der Waals surface area contributed by atoms with Gasteiger partial charge in [0.05, 0.1) is 29.1 Å². The molecule has 112 valence electrons. The summed E-state index contributed by atoms with van der Waals surface area (Å²) in [5.74, 6) is 0.161. The van der Waals surface area contributed by atoms with Crippen molar-refractivity contribution in [1.82, 2.24) is 20.5 Å². The number of nitrogens with zero attached hydrogens (tertiary/aromatic N) is 2. The molecule has 1 aliphatic heterocycles. The molecule has 21 heavy (non-hydrogen) atoms. The van der Waals surface area contributed by atoms with Crippen molar-refractivity contribution in [2.75, 3.05) is 19.8 Å². The molecule has 0 saturated carbocycles. The molecule has 0 spiro atoms. The molecule has 2 N–H and O–H groups in total. The molecule has 0 aliphatic carbocycles. The van der Waals surface area contributed by atoms with Crippen molar-refractivity contribution in [2.24, 2.45) is 0 Å². The van der Waals surface area contributed by atoms with Gasteiger partial charge in [0, 0.05) is 36.6 Å². The van der Waals surface area contributed by atoms with Gasteiger partial charge in [-0.2, -0.15) is 5.10 Å². The summed E-state index contributed by atoms with van der Waals surface area (Å²) in [5, 5.41) is 10.9. The molecule has 1 amide bonds. The number of aromatic nitrogens is 3. The van der Waals surface area contributed by atoms with Crippen molar-refractivity contribution in [1.29, 1.82) is 0 Å². The number of thiazole rings is 1. The monoisotopic (exact) mass is 306 g/mol. The van der Waals surface area contributed by atoms with Crippen LogP contribution in [0.5, 0.6) is 0 Å². The second-order valence-electron chi connectivity index (χ2n) is 5.13. The lowest BCUT2D eigenvalue weighted by molar-refractivity contribution is 0.0952. The van der Waals surface area contributed by atoms with Crippen LogP contribution in [-0.4, -0.2) is 40.8 Å². The first-order valence-electron chi connectivity index (χ1n) is 7.04. The van der Waals surface area contributed by atoms with Gasteiger partial charge in [0.1, 0.15) is 0 Å². The lowest BCUT2D eigenvalue weighted by Crippen LogP contribution is -2.26. The third-order valence-electron chi connectivity index (χ3n) is 3.54. The lowest BCUT2D eigenvalue weighted by atomic mass is 10.0. The topological polar surface area (TPSA) is 79.9 Å². The minimum Gasteiger partial charge on any atom is -0.381 e. The van der Waals surface area contributed by atoms with E-state index in [-0.39, 0.29) is 11.8 Å². The number of ether oxygens (including phenoxy) is 1. The Morgan fingerprint density at radius 1 is 1.57 bits per heavy atom. The summed E-state index contributed by atoms with van der Waals surface area (Å²) < 4.78 is 5.37. The van der Waals surface area contributed by atoms with Crippen LogP contribution >= 0.6 is 11.3 Å². The summed E-state index contributed by atoms with van der Waals surface area (Å²) >= 11 is 1.66. The number of H-pyrrole nitrogens is 1. The first-order chi connectivity index (χ1) is 10.2. The molecule has 3 rings (SSSR count). The Balaban J connectivity index is 1.57. The summed E-state index contributed by atoms with van der Waals surface area (Å²) in [6, 6.07) is 0. The maximum atomic E-state index is 12.2. The van der Waals surface area contributed by atoms with Gasteiger partial charge in [-0.05, 0) is 13.3 Å². The van der Waals surface area contributed by atoms with E-state index in [1.807, 2.05) is 13.1 Å². The fourth-order valence-corrected chi connectivity index (χ4v) is 3.23. The SMILES string of the molecule is Cc1cnc(CCNC(=O)c2cn[nH]c2C2CCOC2)s1. The molecule has 1 fully saturated rings. The number of carbonyl (C=O) groups excluding carboxylic acids is 1. The zero-order chi connectivity index (χ0) is 14.7. The van der Waals surface area contributed by atoms with Crippen LogP contribution in [0.4, 0.5) is 0 Å². The number of nitrogens with one attached hydrogen (secondary N) is 2. The van der Waals surface area contributed by atoms with Crippen LogP contribution in [0.2, 0.25) is 0 Å². The van der Waals surface area contributed by atoms with Gasteiger partial charge in [-0.15, -0.1) is 11.3 Å². The average Bonchev–Trinajstić information content (AvgIpc) is 3.19. The van der Waals surface area contributed by atoms with Gasteiger partial charge in [-0.25, -0.2) is 4.98 Å². The molecule has 2 aromatic rings. The first-order valence-corrected chi connectivity index (χ1v) is 7.86. The number of hydrogen-bond acceptors (Lipinski definition) is 5. The number of amides is 1. The highest BCUT2D eigenvalue weighted by atomic mass is 32.1. The Bertz CT molecular complexity index is 616. The number of aromatic amines is 1. The normalized spacial score (nSPS) is 18.0. The highest BCUT2D eigenvalue weighted by Gasteiger charge is 2.25. The van der Waals surface area contributed by atoms with E-state index in [9.17, 15) is 4.79 Å². The number of aryl methyl sites for hydroxylation is 1. The van der Waals surface area contributed by atoms with Crippen molar-refractivity contribution in [3.63, 3.8) is 0 Å². The van der Waals surface area contributed by atoms with Crippen LogP contribution in [0, 0.1) is 6.92 Å². The summed E-state index contributed by atoms with van der Waals surface area (Å²) in [6.07, 6.45) is 5.14. The number of rotatable bonds is 5. The van der Waals surface area contributed by atoms with E-state index >= 15 is 0 Å². The van der Waals surface area contributed by atoms with Crippen molar-refractivity contribution in [3.8, 4) is 0 Å². The van der Waals surface area contributed by atoms with Crippen LogP contribution in [0.1, 0.15) is 38.3 Å². The molecule has 7 heteroatoms. The second-order valence-corrected chi connectivity index (χ2v) is 6.45. The zero-order valence-electron chi connectivity index (χ0n) is 11.9. The van der Waals surface area contributed by atoms with Gasteiger partial charge in [-0.1, -0.05) is 0 Å². The van der Waals surface area contributed by atoms with E-state index in [4.69, 9.17) is 4.74 Å². The molecule has 3 heterocycles. The van der Waals surface area contributed by atoms with E-state index in [2.05, 4.69) is 20.5 Å². The molecule has 2 aromatic heterocycles. The van der Waals surface area contributed by atoms with Crippen molar-refractivity contribution < 1.29 is 9.53 Å². The molecule has 0 bridgehead atoms. The standard InChI is InChI=1S/C14H18N4O2S/c1-9-6-16-12(21-9)2-4-15-14(19)11-7-17-18-13(11)10-3-5-20-8-10/h6-7,10H,2-5,8H2,1H3,(H,15,19)(H,17,18). The lowest BCUT2D eigenvalue weighted by Gasteiger charge is -2.08. The van der Waals surface area contributed by atoms with Gasteiger partial charge in [0.2, 0.25) is 0 Å². The Kier molecular flexibility index (Phi) is 4.31. The van der Waals surface area contributed by atoms with E-state index in [1.54, 1.807) is 17.5 Å². The van der Waals surface area contributed by atoms with Gasteiger partial charge in [-0.3, -0.25) is 9.89 Å². The van der Waals surface area contributed by atoms with Gasteiger partial charge in [0.15, 0.2) is 0 Å². The summed E-state index contributed by atoms with van der Waals surface area (Å²) in [7, 11) is 0. The molecule has 1 unspecified atom stereocenters. The van der Waals surface area contributed by atoms with Crippen LogP contribution in [0.3, 0.4) is 0 Å². The van der Waals surface area contributed by atoms with Gasteiger partial charge >= 0.3 is 0 Å². The predicted molar refractivity (Wildman–Crippen MR) is 79.7 cm³/mol. The maximum absolute atomic E-state index is 12.2. The highest BCUT2D eigenvalue weighted by Crippen LogP contribution is 2.25. The third-order valence-corrected chi connectivity index (χ3v) is 4.52. The summed E-state index contributed by atoms with van der Waals surface area (Å²) in [4.78, 5) is 17.7. The number of hydrogen-bond donors (Lipinski definition) is 2. The minimum absolute atomic E-state index is 0.0843. The fraction of sp³-hybridized carbons (Fsp3) is 0.500.